The third-order valence-electron chi connectivity index (χ3n) is 4.13. The average molecular weight is 490 g/mol. The highest BCUT2D eigenvalue weighted by Gasteiger charge is 2.13. The number of ether oxygens (including phenoxy) is 1. The lowest BCUT2D eigenvalue weighted by Crippen LogP contribution is -2.36. The number of guanidine groups is 1. The van der Waals surface area contributed by atoms with Crippen LogP contribution >= 0.6 is 24.0 Å². The zero-order valence-electron chi connectivity index (χ0n) is 16.3. The predicted octanol–water partition coefficient (Wildman–Crippen LogP) is 3.57. The third-order valence-corrected chi connectivity index (χ3v) is 4.13. The lowest BCUT2D eigenvalue weighted by molar-refractivity contribution is 0.181. The van der Waals surface area contributed by atoms with Gasteiger partial charge in [-0.1, -0.05) is 25.1 Å². The van der Waals surface area contributed by atoms with Crippen molar-refractivity contribution in [1.29, 1.82) is 0 Å². The molecule has 0 saturated carbocycles. The molecule has 0 radical (unpaired) electrons. The quantitative estimate of drug-likeness (QED) is 0.337. The van der Waals surface area contributed by atoms with Gasteiger partial charge in [0.05, 0.1) is 12.3 Å². The van der Waals surface area contributed by atoms with E-state index < -0.39 is 0 Å². The van der Waals surface area contributed by atoms with E-state index in [1.807, 2.05) is 6.92 Å². The molecule has 0 saturated heterocycles. The van der Waals surface area contributed by atoms with E-state index in [1.165, 1.54) is 6.07 Å². The Balaban J connectivity index is 0.00000364. The Bertz CT molecular complexity index is 728. The minimum atomic E-state index is -0.259. The van der Waals surface area contributed by atoms with Crippen molar-refractivity contribution in [3.63, 3.8) is 0 Å². The lowest BCUT2D eigenvalue weighted by atomic mass is 10.1. The zero-order valence-corrected chi connectivity index (χ0v) is 18.6. The minimum absolute atomic E-state index is 0. The number of aromatic nitrogens is 1. The summed E-state index contributed by atoms with van der Waals surface area (Å²) in [5.41, 5.74) is 3.55. The van der Waals surface area contributed by atoms with Gasteiger partial charge in [-0.15, -0.1) is 24.0 Å². The van der Waals surface area contributed by atoms with Crippen LogP contribution in [0.25, 0.3) is 0 Å². The Morgan fingerprint density at radius 1 is 1.22 bits per heavy atom. The average Bonchev–Trinajstić information content (AvgIpc) is 3.06. The van der Waals surface area contributed by atoms with Gasteiger partial charge in [-0.05, 0) is 24.1 Å². The number of halogens is 2. The molecule has 0 bridgehead atoms. The van der Waals surface area contributed by atoms with Gasteiger partial charge in [-0.2, -0.15) is 0 Å². The molecule has 6 nitrogen and oxygen atoms in total. The van der Waals surface area contributed by atoms with Gasteiger partial charge in [0.2, 0.25) is 0 Å². The first-order valence-corrected chi connectivity index (χ1v) is 8.79. The van der Waals surface area contributed by atoms with E-state index in [1.54, 1.807) is 26.3 Å². The predicted molar refractivity (Wildman–Crippen MR) is 115 cm³/mol. The number of nitrogens with one attached hydrogen (secondary N) is 2. The van der Waals surface area contributed by atoms with E-state index in [2.05, 4.69) is 27.7 Å². The molecular weight excluding hydrogens is 462 g/mol. The van der Waals surface area contributed by atoms with Gasteiger partial charge in [0.1, 0.15) is 11.6 Å². The van der Waals surface area contributed by atoms with Crippen LogP contribution in [0.4, 0.5) is 4.39 Å². The Hall–Kier alpha value is -1.68. The zero-order chi connectivity index (χ0) is 18.9. The van der Waals surface area contributed by atoms with Crippen molar-refractivity contribution in [3.05, 3.63) is 52.2 Å². The molecule has 1 aromatic heterocycles. The van der Waals surface area contributed by atoms with E-state index in [-0.39, 0.29) is 36.4 Å². The highest BCUT2D eigenvalue weighted by atomic mass is 127. The first kappa shape index (κ1) is 23.4. The van der Waals surface area contributed by atoms with Crippen LogP contribution in [-0.2, 0) is 37.3 Å². The number of rotatable bonds is 8. The second-order valence-electron chi connectivity index (χ2n) is 5.88. The highest BCUT2D eigenvalue weighted by molar-refractivity contribution is 14.0. The Morgan fingerprint density at radius 2 is 1.96 bits per heavy atom. The fourth-order valence-electron chi connectivity index (χ4n) is 2.72. The normalized spacial score (nSPS) is 11.2. The molecule has 0 aliphatic carbocycles. The standard InChI is InChI=1S/C19H27FN4O2.HI/c1-5-17-15(18(6-2)26-24-17)11-23-19(21-3)22-10-13-7-8-16(20)14(9-13)12-25-4;/h7-9H,5-6,10-12H2,1-4H3,(H2,21,22,23);1H. The van der Waals surface area contributed by atoms with Gasteiger partial charge in [0.25, 0.3) is 0 Å². The summed E-state index contributed by atoms with van der Waals surface area (Å²) in [6.07, 6.45) is 1.62. The van der Waals surface area contributed by atoms with Gasteiger partial charge in [-0.3, -0.25) is 4.99 Å². The maximum Gasteiger partial charge on any atom is 0.191 e. The number of nitrogens with zero attached hydrogens (tertiary/aromatic N) is 2. The number of hydrogen-bond acceptors (Lipinski definition) is 4. The summed E-state index contributed by atoms with van der Waals surface area (Å²) in [6, 6.07) is 5.00. The van der Waals surface area contributed by atoms with Crippen molar-refractivity contribution >= 4 is 29.9 Å². The van der Waals surface area contributed by atoms with E-state index in [0.29, 0.717) is 24.6 Å². The number of aliphatic imine (C=N–C) groups is 1. The van der Waals surface area contributed by atoms with Gasteiger partial charge in [0.15, 0.2) is 5.96 Å². The van der Waals surface area contributed by atoms with Crippen LogP contribution in [0.5, 0.6) is 0 Å². The fourth-order valence-corrected chi connectivity index (χ4v) is 2.72. The van der Waals surface area contributed by atoms with Crippen molar-refractivity contribution in [1.82, 2.24) is 15.8 Å². The lowest BCUT2D eigenvalue weighted by Gasteiger charge is -2.13. The summed E-state index contributed by atoms with van der Waals surface area (Å²) in [6.45, 7) is 5.47. The summed E-state index contributed by atoms with van der Waals surface area (Å²) < 4.78 is 24.1. The molecule has 0 spiro atoms. The van der Waals surface area contributed by atoms with Crippen LogP contribution in [0.1, 0.15) is 42.0 Å². The number of aryl methyl sites for hydroxylation is 2. The van der Waals surface area contributed by atoms with E-state index in [9.17, 15) is 4.39 Å². The van der Waals surface area contributed by atoms with Crippen molar-refractivity contribution < 1.29 is 13.7 Å². The van der Waals surface area contributed by atoms with Crippen LogP contribution in [0.2, 0.25) is 0 Å². The molecule has 0 fully saturated rings. The molecule has 0 aliphatic rings. The number of benzene rings is 1. The summed E-state index contributed by atoms with van der Waals surface area (Å²) in [5.74, 6) is 1.30. The van der Waals surface area contributed by atoms with E-state index in [0.717, 1.165) is 35.4 Å². The monoisotopic (exact) mass is 490 g/mol. The largest absolute Gasteiger partial charge is 0.380 e. The molecule has 1 aromatic carbocycles. The SMILES string of the molecule is CCc1noc(CC)c1CNC(=NC)NCc1ccc(F)c(COC)c1.I. The molecule has 27 heavy (non-hydrogen) atoms. The topological polar surface area (TPSA) is 71.7 Å². The first-order valence-electron chi connectivity index (χ1n) is 8.79. The molecule has 0 unspecified atom stereocenters. The Morgan fingerprint density at radius 3 is 2.59 bits per heavy atom. The van der Waals surface area contributed by atoms with Crippen LogP contribution in [0.15, 0.2) is 27.7 Å². The van der Waals surface area contributed by atoms with Crippen LogP contribution in [0, 0.1) is 5.82 Å². The summed E-state index contributed by atoms with van der Waals surface area (Å²) in [5, 5.41) is 10.6. The smallest absolute Gasteiger partial charge is 0.191 e. The molecular formula is C19H28FIN4O2. The number of hydrogen-bond donors (Lipinski definition) is 2. The summed E-state index contributed by atoms with van der Waals surface area (Å²) in [4.78, 5) is 4.23. The molecule has 1 heterocycles. The molecule has 8 heteroatoms. The second-order valence-corrected chi connectivity index (χ2v) is 5.88. The van der Waals surface area contributed by atoms with E-state index in [4.69, 9.17) is 9.26 Å². The van der Waals surface area contributed by atoms with Crippen molar-refractivity contribution in [2.24, 2.45) is 4.99 Å². The third kappa shape index (κ3) is 6.46. The van der Waals surface area contributed by atoms with Crippen molar-refractivity contribution in [2.75, 3.05) is 14.2 Å². The van der Waals surface area contributed by atoms with Crippen LogP contribution < -0.4 is 10.6 Å². The van der Waals surface area contributed by atoms with Gasteiger partial charge >= 0.3 is 0 Å². The van der Waals surface area contributed by atoms with E-state index >= 15 is 0 Å². The van der Waals surface area contributed by atoms with Gasteiger partial charge in [0, 0.05) is 44.8 Å². The van der Waals surface area contributed by atoms with Crippen molar-refractivity contribution in [2.45, 2.75) is 46.4 Å². The Labute approximate surface area is 177 Å². The minimum Gasteiger partial charge on any atom is -0.380 e. The first-order chi connectivity index (χ1) is 12.6. The highest BCUT2D eigenvalue weighted by Crippen LogP contribution is 2.15. The van der Waals surface area contributed by atoms with Crippen LogP contribution in [0.3, 0.4) is 0 Å². The molecule has 0 aliphatic heterocycles. The van der Waals surface area contributed by atoms with Crippen molar-refractivity contribution in [3.8, 4) is 0 Å². The number of methoxy groups -OCH3 is 1. The Kier molecular flexibility index (Phi) is 10.3. The summed E-state index contributed by atoms with van der Waals surface area (Å²) >= 11 is 0. The molecule has 150 valence electrons. The molecule has 2 aromatic rings. The second kappa shape index (κ2) is 11.9. The van der Waals surface area contributed by atoms with Crippen LogP contribution in [-0.4, -0.2) is 25.3 Å². The molecule has 2 N–H and O–H groups in total. The maximum absolute atomic E-state index is 13.7. The molecule has 2 rings (SSSR count). The summed E-state index contributed by atoms with van der Waals surface area (Å²) in [7, 11) is 3.27. The fraction of sp³-hybridized carbons (Fsp3) is 0.474. The van der Waals surface area contributed by atoms with Gasteiger partial charge < -0.3 is 19.9 Å². The molecule has 0 atom stereocenters. The maximum atomic E-state index is 13.7. The molecule has 0 amide bonds. The van der Waals surface area contributed by atoms with Gasteiger partial charge in [-0.25, -0.2) is 4.39 Å².